The lowest BCUT2D eigenvalue weighted by Crippen LogP contribution is -2.44. The topological polar surface area (TPSA) is 0 Å². The molecule has 0 bridgehead atoms. The van der Waals surface area contributed by atoms with Gasteiger partial charge in [-0.15, -0.1) is 11.1 Å². The lowest BCUT2D eigenvalue weighted by Gasteiger charge is -2.38. The van der Waals surface area contributed by atoms with Crippen LogP contribution in [-0.2, 0) is 0 Å². The van der Waals surface area contributed by atoms with Gasteiger partial charge in [-0.2, -0.15) is 0 Å². The van der Waals surface area contributed by atoms with Gasteiger partial charge in [0.2, 0.25) is 8.80 Å². The van der Waals surface area contributed by atoms with E-state index in [4.69, 9.17) is 0 Å². The van der Waals surface area contributed by atoms with E-state index in [-0.39, 0.29) is 0 Å². The van der Waals surface area contributed by atoms with Crippen LogP contribution in [0.5, 0.6) is 0 Å². The van der Waals surface area contributed by atoms with Crippen molar-refractivity contribution in [1.29, 1.82) is 0 Å². The Balaban J connectivity index is 2.63. The Morgan fingerprint density at radius 1 is 0.828 bits per heavy atom. The Morgan fingerprint density at radius 2 is 1.34 bits per heavy atom. The number of hydrogen-bond acceptors (Lipinski definition) is 0. The van der Waals surface area contributed by atoms with E-state index in [2.05, 4.69) is 127 Å². The molecule has 0 nitrogen and oxygen atoms in total. The van der Waals surface area contributed by atoms with Crippen molar-refractivity contribution in [2.24, 2.45) is 0 Å². The molecule has 0 amide bonds. The molecule has 0 atom stereocenters. The van der Waals surface area contributed by atoms with Crippen molar-refractivity contribution < 1.29 is 0 Å². The molecule has 0 aliphatic heterocycles. The normalized spacial score (nSPS) is 12.6. The Labute approximate surface area is 182 Å². The molecule has 0 saturated heterocycles. The Bertz CT molecular complexity index is 858. The first-order valence-electron chi connectivity index (χ1n) is 10.9. The molecule has 0 aliphatic rings. The summed E-state index contributed by atoms with van der Waals surface area (Å²) < 4.78 is 0. The van der Waals surface area contributed by atoms with Gasteiger partial charge in [-0.1, -0.05) is 113 Å². The van der Waals surface area contributed by atoms with Gasteiger partial charge in [0.1, 0.15) is 8.07 Å². The van der Waals surface area contributed by atoms with Crippen molar-refractivity contribution in [2.75, 3.05) is 0 Å². The molecule has 1 radical (unpaired) electrons. The molecular weight excluding hydrogens is 380 g/mol. The van der Waals surface area contributed by atoms with Crippen molar-refractivity contribution in [2.45, 2.75) is 72.0 Å². The van der Waals surface area contributed by atoms with Gasteiger partial charge in [0.15, 0.2) is 0 Å². The molecule has 0 fully saturated rings. The summed E-state index contributed by atoms with van der Waals surface area (Å²) in [6.45, 7) is 18.9. The average molecular weight is 418 g/mol. The molecule has 0 spiro atoms. The third-order valence-electron chi connectivity index (χ3n) is 6.26. The van der Waals surface area contributed by atoms with Crippen LogP contribution in [0, 0.1) is 18.0 Å². The zero-order chi connectivity index (χ0) is 21.6. The van der Waals surface area contributed by atoms with E-state index in [0.29, 0.717) is 16.6 Å². The molecule has 2 aromatic carbocycles. The molecule has 0 aromatic heterocycles. The molecule has 153 valence electrons. The maximum Gasteiger partial charge on any atom is 0.208 e. The van der Waals surface area contributed by atoms with Crippen molar-refractivity contribution in [1.82, 2.24) is 0 Å². The highest BCUT2D eigenvalue weighted by Gasteiger charge is 2.41. The SMILES string of the molecule is CC(=Cc1ccccc1)[Si](C#C[Si](C(C)C)(C(C)C)C(C)C)c1ccccc1C. The summed E-state index contributed by atoms with van der Waals surface area (Å²) in [5.41, 5.74) is 12.6. The number of hydrogen-bond donors (Lipinski definition) is 0. The van der Waals surface area contributed by atoms with Crippen LogP contribution in [-0.4, -0.2) is 16.9 Å². The van der Waals surface area contributed by atoms with Crippen LogP contribution in [0.4, 0.5) is 0 Å². The monoisotopic (exact) mass is 417 g/mol. The number of aryl methyl sites for hydroxylation is 1. The second-order valence-corrected chi connectivity index (χ2v) is 17.0. The van der Waals surface area contributed by atoms with Crippen LogP contribution in [0.2, 0.25) is 16.6 Å². The fourth-order valence-corrected chi connectivity index (χ4v) is 12.7. The van der Waals surface area contributed by atoms with Crippen LogP contribution in [0.15, 0.2) is 59.8 Å². The van der Waals surface area contributed by atoms with Crippen LogP contribution < -0.4 is 5.19 Å². The predicted octanol–water partition coefficient (Wildman–Crippen LogP) is 7.10. The smallest absolute Gasteiger partial charge is 0.137 e. The Morgan fingerprint density at radius 3 is 1.86 bits per heavy atom. The summed E-state index contributed by atoms with van der Waals surface area (Å²) in [4.78, 5) is 0. The molecule has 0 aliphatic carbocycles. The molecule has 0 N–H and O–H groups in total. The second-order valence-electron chi connectivity index (χ2n) is 9.08. The summed E-state index contributed by atoms with van der Waals surface area (Å²) in [7, 11) is -2.87. The van der Waals surface area contributed by atoms with Crippen LogP contribution >= 0.6 is 0 Å². The first-order valence-corrected chi connectivity index (χ1v) is 14.6. The van der Waals surface area contributed by atoms with Gasteiger partial charge >= 0.3 is 0 Å². The molecule has 2 heteroatoms. The summed E-state index contributed by atoms with van der Waals surface area (Å²) in [6, 6.07) is 19.5. The molecular formula is C27H37Si2. The van der Waals surface area contributed by atoms with E-state index in [9.17, 15) is 0 Å². The third kappa shape index (κ3) is 5.41. The minimum Gasteiger partial charge on any atom is -0.137 e. The van der Waals surface area contributed by atoms with E-state index in [1.165, 1.54) is 21.5 Å². The largest absolute Gasteiger partial charge is 0.208 e. The highest BCUT2D eigenvalue weighted by molar-refractivity contribution is 6.94. The molecule has 0 unspecified atom stereocenters. The maximum absolute atomic E-state index is 4.02. The molecule has 0 heterocycles. The minimum atomic E-state index is -1.74. The van der Waals surface area contributed by atoms with E-state index >= 15 is 0 Å². The van der Waals surface area contributed by atoms with Crippen LogP contribution in [0.3, 0.4) is 0 Å². The van der Waals surface area contributed by atoms with E-state index < -0.39 is 16.9 Å². The fraction of sp³-hybridized carbons (Fsp3) is 0.407. The lowest BCUT2D eigenvalue weighted by molar-refractivity contribution is 0.838. The minimum absolute atomic E-state index is 0.661. The zero-order valence-corrected chi connectivity index (χ0v) is 21.5. The van der Waals surface area contributed by atoms with Gasteiger partial charge in [0.25, 0.3) is 0 Å². The van der Waals surface area contributed by atoms with Crippen LogP contribution in [0.25, 0.3) is 6.08 Å². The number of rotatable bonds is 6. The average Bonchev–Trinajstić information content (AvgIpc) is 2.66. The van der Waals surface area contributed by atoms with Gasteiger partial charge in [-0.05, 0) is 41.2 Å². The van der Waals surface area contributed by atoms with E-state index in [1.807, 2.05) is 0 Å². The Hall–Kier alpha value is -1.83. The Kier molecular flexibility index (Phi) is 8.31. The summed E-state index contributed by atoms with van der Waals surface area (Å²) >= 11 is 0. The van der Waals surface area contributed by atoms with Gasteiger partial charge in [-0.3, -0.25) is 0 Å². The first-order chi connectivity index (χ1) is 13.7. The van der Waals surface area contributed by atoms with E-state index in [0.717, 1.165) is 0 Å². The predicted molar refractivity (Wildman–Crippen MR) is 135 cm³/mol. The van der Waals surface area contributed by atoms with Gasteiger partial charge in [0.05, 0.1) is 0 Å². The lowest BCUT2D eigenvalue weighted by atomic mass is 10.2. The molecule has 2 aromatic rings. The van der Waals surface area contributed by atoms with Crippen molar-refractivity contribution in [3.63, 3.8) is 0 Å². The number of benzene rings is 2. The molecule has 0 saturated carbocycles. The maximum atomic E-state index is 4.02. The van der Waals surface area contributed by atoms with Crippen LogP contribution in [0.1, 0.15) is 59.6 Å². The highest BCUT2D eigenvalue weighted by Crippen LogP contribution is 2.40. The van der Waals surface area contributed by atoms with Gasteiger partial charge in [-0.25, -0.2) is 0 Å². The van der Waals surface area contributed by atoms with E-state index in [1.54, 1.807) is 0 Å². The van der Waals surface area contributed by atoms with Crippen molar-refractivity contribution >= 4 is 28.1 Å². The van der Waals surface area contributed by atoms with Crippen molar-refractivity contribution in [3.05, 3.63) is 70.9 Å². The summed E-state index contributed by atoms with van der Waals surface area (Å²) in [5, 5.41) is 2.86. The molecule has 29 heavy (non-hydrogen) atoms. The highest BCUT2D eigenvalue weighted by atomic mass is 28.3. The van der Waals surface area contributed by atoms with Gasteiger partial charge in [0, 0.05) is 0 Å². The zero-order valence-electron chi connectivity index (χ0n) is 19.5. The third-order valence-corrected chi connectivity index (χ3v) is 15.2. The van der Waals surface area contributed by atoms with Crippen molar-refractivity contribution in [3.8, 4) is 11.1 Å². The summed E-state index contributed by atoms with van der Waals surface area (Å²) in [5.74, 6) is 0. The standard InChI is InChI=1S/C27H37Si2/c1-21(2)29(22(3)4,23(5)6)19-18-28(27-17-13-12-14-24(27)7)25(8)20-26-15-10-9-11-16-26/h9-17,20-23H,1-8H3. The van der Waals surface area contributed by atoms with Gasteiger partial charge < -0.3 is 0 Å². The fourth-order valence-electron chi connectivity index (χ4n) is 4.71. The first kappa shape index (κ1) is 23.5. The summed E-state index contributed by atoms with van der Waals surface area (Å²) in [6.07, 6.45) is 2.35. The number of allylic oxidation sites excluding steroid dienone is 1. The quantitative estimate of drug-likeness (QED) is 0.347. The molecule has 2 rings (SSSR count). The second kappa shape index (κ2) is 10.3.